The number of carbonyl (C=O) groups excluding carboxylic acids is 2. The van der Waals surface area contributed by atoms with Gasteiger partial charge in [-0.2, -0.15) is 0 Å². The van der Waals surface area contributed by atoms with Crippen molar-refractivity contribution in [3.63, 3.8) is 0 Å². The molecule has 3 N–H and O–H groups in total. The van der Waals surface area contributed by atoms with E-state index >= 15 is 0 Å². The van der Waals surface area contributed by atoms with Gasteiger partial charge >= 0.3 is 0 Å². The third kappa shape index (κ3) is 3.83. The molecule has 0 radical (unpaired) electrons. The van der Waals surface area contributed by atoms with Crippen LogP contribution in [-0.4, -0.2) is 37.1 Å². The van der Waals surface area contributed by atoms with Crippen molar-refractivity contribution in [3.8, 4) is 0 Å². The van der Waals surface area contributed by atoms with E-state index in [4.69, 9.17) is 10.5 Å². The number of nitrogens with one attached hydrogen (secondary N) is 1. The van der Waals surface area contributed by atoms with Crippen LogP contribution in [-0.2, 0) is 14.3 Å². The van der Waals surface area contributed by atoms with Crippen molar-refractivity contribution in [1.82, 2.24) is 0 Å². The van der Waals surface area contributed by atoms with Crippen LogP contribution in [0.1, 0.15) is 25.7 Å². The number of anilines is 2. The maximum absolute atomic E-state index is 12.3. The molecule has 3 rings (SSSR count). The minimum Gasteiger partial charge on any atom is -0.364 e. The summed E-state index contributed by atoms with van der Waals surface area (Å²) in [6.45, 7) is 1.13. The quantitative estimate of drug-likeness (QED) is 0.874. The highest BCUT2D eigenvalue weighted by Gasteiger charge is 2.31. The van der Waals surface area contributed by atoms with Gasteiger partial charge in [0, 0.05) is 19.5 Å². The van der Waals surface area contributed by atoms with E-state index in [1.807, 2.05) is 24.3 Å². The van der Waals surface area contributed by atoms with Crippen LogP contribution in [0.2, 0.25) is 0 Å². The molecule has 2 saturated heterocycles. The zero-order valence-corrected chi connectivity index (χ0v) is 13.7. The first-order chi connectivity index (χ1) is 10.7. The Morgan fingerprint density at radius 3 is 2.78 bits per heavy atom. The summed E-state index contributed by atoms with van der Waals surface area (Å²) in [5, 5.41) is 2.90. The molecule has 2 atom stereocenters. The van der Waals surface area contributed by atoms with E-state index in [2.05, 4.69) is 5.32 Å². The second kappa shape index (κ2) is 7.77. The first-order valence-corrected chi connectivity index (χ1v) is 7.75. The van der Waals surface area contributed by atoms with Gasteiger partial charge in [-0.3, -0.25) is 9.59 Å². The standard InChI is InChI=1S/C16H21N3O3.ClH/c17-10-11-7-8-14(22-11)16(21)18-12-4-1-2-5-13(12)19-9-3-6-15(19)20;/h1-2,4-5,11,14H,3,6-10,17H2,(H,18,21);1H/t11-,14+;/m1./s1. The van der Waals surface area contributed by atoms with Crippen LogP contribution in [0, 0.1) is 0 Å². The van der Waals surface area contributed by atoms with Crippen molar-refractivity contribution < 1.29 is 14.3 Å². The Morgan fingerprint density at radius 1 is 1.35 bits per heavy atom. The zero-order valence-electron chi connectivity index (χ0n) is 12.9. The summed E-state index contributed by atoms with van der Waals surface area (Å²) in [6.07, 6.45) is 2.40. The van der Waals surface area contributed by atoms with Gasteiger partial charge in [0.25, 0.3) is 5.91 Å². The van der Waals surface area contributed by atoms with Crippen LogP contribution in [0.3, 0.4) is 0 Å². The lowest BCUT2D eigenvalue weighted by molar-refractivity contribution is -0.126. The number of nitrogens with zero attached hydrogens (tertiary/aromatic N) is 1. The molecule has 0 aromatic heterocycles. The molecule has 1 aromatic rings. The Balaban J connectivity index is 0.00000192. The molecule has 0 spiro atoms. The molecule has 0 saturated carbocycles. The number of hydrogen-bond donors (Lipinski definition) is 2. The van der Waals surface area contributed by atoms with Crippen molar-refractivity contribution >= 4 is 35.6 Å². The summed E-state index contributed by atoms with van der Waals surface area (Å²) in [5.41, 5.74) is 6.98. The topological polar surface area (TPSA) is 84.7 Å². The number of carbonyl (C=O) groups is 2. The third-order valence-electron chi connectivity index (χ3n) is 4.19. The van der Waals surface area contributed by atoms with E-state index in [1.54, 1.807) is 4.90 Å². The fraction of sp³-hybridized carbons (Fsp3) is 0.500. The van der Waals surface area contributed by atoms with Gasteiger partial charge in [-0.15, -0.1) is 12.4 Å². The second-order valence-electron chi connectivity index (χ2n) is 5.72. The van der Waals surface area contributed by atoms with Gasteiger partial charge in [-0.1, -0.05) is 12.1 Å². The molecule has 0 bridgehead atoms. The Bertz CT molecular complexity index is 581. The molecule has 2 aliphatic heterocycles. The van der Waals surface area contributed by atoms with Crippen LogP contribution < -0.4 is 16.0 Å². The predicted octanol–water partition coefficient (Wildman–Crippen LogP) is 1.68. The average molecular weight is 340 g/mol. The highest BCUT2D eigenvalue weighted by Crippen LogP contribution is 2.30. The van der Waals surface area contributed by atoms with Crippen LogP contribution in [0.15, 0.2) is 24.3 Å². The van der Waals surface area contributed by atoms with E-state index in [-0.39, 0.29) is 30.3 Å². The number of nitrogens with two attached hydrogens (primary N) is 1. The number of amides is 2. The Kier molecular flexibility index (Phi) is 5.98. The van der Waals surface area contributed by atoms with Crippen LogP contribution >= 0.6 is 12.4 Å². The lowest BCUT2D eigenvalue weighted by Crippen LogP contribution is -2.31. The van der Waals surface area contributed by atoms with Gasteiger partial charge in [-0.25, -0.2) is 0 Å². The van der Waals surface area contributed by atoms with Gasteiger partial charge in [0.15, 0.2) is 0 Å². The fourth-order valence-electron chi connectivity index (χ4n) is 3.00. The maximum Gasteiger partial charge on any atom is 0.253 e. The van der Waals surface area contributed by atoms with Crippen LogP contribution in [0.5, 0.6) is 0 Å². The van der Waals surface area contributed by atoms with E-state index < -0.39 is 6.10 Å². The number of ether oxygens (including phenoxy) is 1. The molecule has 2 heterocycles. The first kappa shape index (κ1) is 17.7. The lowest BCUT2D eigenvalue weighted by Gasteiger charge is -2.21. The van der Waals surface area contributed by atoms with Crippen molar-refractivity contribution in [2.45, 2.75) is 37.9 Å². The van der Waals surface area contributed by atoms with Crippen molar-refractivity contribution in [2.24, 2.45) is 5.73 Å². The van der Waals surface area contributed by atoms with Gasteiger partial charge in [0.2, 0.25) is 5.91 Å². The van der Waals surface area contributed by atoms with Crippen molar-refractivity contribution in [2.75, 3.05) is 23.3 Å². The summed E-state index contributed by atoms with van der Waals surface area (Å²) >= 11 is 0. The number of para-hydroxylation sites is 2. The molecular weight excluding hydrogens is 318 g/mol. The van der Waals surface area contributed by atoms with Gasteiger partial charge < -0.3 is 20.7 Å². The van der Waals surface area contributed by atoms with Crippen molar-refractivity contribution in [3.05, 3.63) is 24.3 Å². The highest BCUT2D eigenvalue weighted by atomic mass is 35.5. The molecule has 1 aromatic carbocycles. The molecule has 2 amide bonds. The molecular formula is C16H22ClN3O3. The van der Waals surface area contributed by atoms with Crippen LogP contribution in [0.25, 0.3) is 0 Å². The molecule has 2 aliphatic rings. The first-order valence-electron chi connectivity index (χ1n) is 7.75. The fourth-order valence-corrected chi connectivity index (χ4v) is 3.00. The minimum atomic E-state index is -0.462. The monoisotopic (exact) mass is 339 g/mol. The number of halogens is 1. The van der Waals surface area contributed by atoms with Crippen molar-refractivity contribution in [1.29, 1.82) is 0 Å². The zero-order chi connectivity index (χ0) is 15.5. The summed E-state index contributed by atoms with van der Waals surface area (Å²) in [5.74, 6) is -0.0722. The smallest absolute Gasteiger partial charge is 0.253 e. The second-order valence-corrected chi connectivity index (χ2v) is 5.72. The summed E-state index contributed by atoms with van der Waals surface area (Å²) < 4.78 is 5.61. The number of hydrogen-bond acceptors (Lipinski definition) is 4. The largest absolute Gasteiger partial charge is 0.364 e. The molecule has 23 heavy (non-hydrogen) atoms. The third-order valence-corrected chi connectivity index (χ3v) is 4.19. The molecule has 126 valence electrons. The van der Waals surface area contributed by atoms with E-state index in [9.17, 15) is 9.59 Å². The minimum absolute atomic E-state index is 0. The SMILES string of the molecule is Cl.NC[C@H]1CC[C@@H](C(=O)Nc2ccccc2N2CCCC2=O)O1. The van der Waals surface area contributed by atoms with Gasteiger partial charge in [-0.05, 0) is 31.4 Å². The van der Waals surface area contributed by atoms with Crippen LogP contribution in [0.4, 0.5) is 11.4 Å². The molecule has 7 heteroatoms. The maximum atomic E-state index is 12.3. The average Bonchev–Trinajstić information content (AvgIpc) is 3.16. The highest BCUT2D eigenvalue weighted by molar-refractivity contribution is 6.03. The normalized spacial score (nSPS) is 23.7. The summed E-state index contributed by atoms with van der Waals surface area (Å²) in [6, 6.07) is 7.39. The summed E-state index contributed by atoms with van der Waals surface area (Å²) in [4.78, 5) is 26.0. The summed E-state index contributed by atoms with van der Waals surface area (Å²) in [7, 11) is 0. The molecule has 0 unspecified atom stereocenters. The van der Waals surface area contributed by atoms with E-state index in [1.165, 1.54) is 0 Å². The van der Waals surface area contributed by atoms with Gasteiger partial charge in [0.05, 0.1) is 17.5 Å². The number of benzene rings is 1. The molecule has 6 nitrogen and oxygen atoms in total. The Morgan fingerprint density at radius 2 is 2.13 bits per heavy atom. The van der Waals surface area contributed by atoms with E-state index in [0.717, 1.165) is 18.5 Å². The Hall–Kier alpha value is -1.63. The molecule has 2 fully saturated rings. The number of rotatable bonds is 4. The predicted molar refractivity (Wildman–Crippen MR) is 90.9 cm³/mol. The van der Waals surface area contributed by atoms with E-state index in [0.29, 0.717) is 31.6 Å². The lowest BCUT2D eigenvalue weighted by atomic mass is 10.1. The Labute approximate surface area is 141 Å². The van der Waals surface area contributed by atoms with Gasteiger partial charge in [0.1, 0.15) is 6.10 Å². The molecule has 0 aliphatic carbocycles.